The summed E-state index contributed by atoms with van der Waals surface area (Å²) in [7, 11) is 0. The molecular weight excluding hydrogens is 347 g/mol. The monoisotopic (exact) mass is 364 g/mol. The van der Waals surface area contributed by atoms with Crippen molar-refractivity contribution in [1.29, 1.82) is 0 Å². The highest BCUT2D eigenvalue weighted by Gasteiger charge is 2.26. The van der Waals surface area contributed by atoms with Gasteiger partial charge >= 0.3 is 0 Å². The van der Waals surface area contributed by atoms with Crippen LogP contribution < -0.4 is 4.74 Å². The summed E-state index contributed by atoms with van der Waals surface area (Å²) in [5.74, 6) is 0.454. The number of ether oxygens (including phenoxy) is 1. The molecule has 6 heteroatoms. The van der Waals surface area contributed by atoms with Crippen LogP contribution in [0.15, 0.2) is 36.7 Å². The van der Waals surface area contributed by atoms with Crippen molar-refractivity contribution < 1.29 is 9.53 Å². The largest absolute Gasteiger partial charge is 0.486 e. The van der Waals surface area contributed by atoms with Crippen molar-refractivity contribution in [3.63, 3.8) is 0 Å². The second-order valence-corrected chi connectivity index (χ2v) is 6.73. The highest BCUT2D eigenvalue weighted by molar-refractivity contribution is 6.37. The van der Waals surface area contributed by atoms with E-state index in [1.807, 2.05) is 11.0 Å². The summed E-state index contributed by atoms with van der Waals surface area (Å²) < 4.78 is 5.71. The van der Waals surface area contributed by atoms with Crippen LogP contribution in [0.3, 0.4) is 0 Å². The van der Waals surface area contributed by atoms with Crippen molar-refractivity contribution in [3.8, 4) is 5.75 Å². The number of hydrogen-bond acceptors (Lipinski definition) is 3. The van der Waals surface area contributed by atoms with Crippen LogP contribution in [-0.2, 0) is 6.61 Å². The summed E-state index contributed by atoms with van der Waals surface area (Å²) in [4.78, 5) is 18.7. The van der Waals surface area contributed by atoms with Crippen LogP contribution in [0, 0.1) is 0 Å². The molecule has 1 aliphatic rings. The SMILES string of the molecule is CC1CCCN1C(=O)c1cncc(COc2c(Cl)cccc2Cl)c1. The lowest BCUT2D eigenvalue weighted by atomic mass is 10.2. The van der Waals surface area contributed by atoms with Crippen LogP contribution in [0.5, 0.6) is 5.75 Å². The highest BCUT2D eigenvalue weighted by Crippen LogP contribution is 2.33. The van der Waals surface area contributed by atoms with E-state index >= 15 is 0 Å². The molecule has 0 saturated carbocycles. The molecular formula is C18H18Cl2N2O2. The van der Waals surface area contributed by atoms with Crippen molar-refractivity contribution in [2.45, 2.75) is 32.4 Å². The molecule has 0 bridgehead atoms. The van der Waals surface area contributed by atoms with Gasteiger partial charge in [0.1, 0.15) is 6.61 Å². The van der Waals surface area contributed by atoms with Gasteiger partial charge in [0.05, 0.1) is 15.6 Å². The zero-order valence-corrected chi connectivity index (χ0v) is 14.8. The third-order valence-corrected chi connectivity index (χ3v) is 4.75. The van der Waals surface area contributed by atoms with E-state index in [0.29, 0.717) is 21.4 Å². The number of nitrogens with zero attached hydrogens (tertiary/aromatic N) is 2. The normalized spacial score (nSPS) is 17.1. The summed E-state index contributed by atoms with van der Waals surface area (Å²) in [5, 5.41) is 0.905. The molecule has 1 unspecified atom stereocenters. The Balaban J connectivity index is 1.73. The van der Waals surface area contributed by atoms with Gasteiger partial charge in [-0.2, -0.15) is 0 Å². The Morgan fingerprint density at radius 1 is 1.33 bits per heavy atom. The molecule has 24 heavy (non-hydrogen) atoms. The van der Waals surface area contributed by atoms with E-state index in [2.05, 4.69) is 11.9 Å². The molecule has 1 amide bonds. The summed E-state index contributed by atoms with van der Waals surface area (Å²) in [6, 6.07) is 7.28. The number of aromatic nitrogens is 1. The maximum absolute atomic E-state index is 12.6. The molecule has 0 N–H and O–H groups in total. The van der Waals surface area contributed by atoms with Gasteiger partial charge in [-0.05, 0) is 38.0 Å². The lowest BCUT2D eigenvalue weighted by molar-refractivity contribution is 0.0747. The van der Waals surface area contributed by atoms with Gasteiger partial charge in [-0.3, -0.25) is 9.78 Å². The average Bonchev–Trinajstić information content (AvgIpc) is 3.00. The molecule has 0 aliphatic carbocycles. The number of hydrogen-bond donors (Lipinski definition) is 0. The van der Waals surface area contributed by atoms with E-state index in [1.165, 1.54) is 0 Å². The van der Waals surface area contributed by atoms with Crippen molar-refractivity contribution >= 4 is 29.1 Å². The van der Waals surface area contributed by atoms with Crippen molar-refractivity contribution in [2.24, 2.45) is 0 Å². The zero-order chi connectivity index (χ0) is 17.1. The highest BCUT2D eigenvalue weighted by atomic mass is 35.5. The van der Waals surface area contributed by atoms with Gasteiger partial charge in [0.15, 0.2) is 5.75 Å². The Morgan fingerprint density at radius 3 is 2.75 bits per heavy atom. The Morgan fingerprint density at radius 2 is 2.08 bits per heavy atom. The molecule has 2 heterocycles. The second kappa shape index (κ2) is 7.41. The number of likely N-dealkylation sites (tertiary alicyclic amines) is 1. The minimum atomic E-state index is 0.0186. The van der Waals surface area contributed by atoms with E-state index in [4.69, 9.17) is 27.9 Å². The Bertz CT molecular complexity index is 731. The molecule has 1 aromatic carbocycles. The number of para-hydroxylation sites is 1. The summed E-state index contributed by atoms with van der Waals surface area (Å²) in [6.07, 6.45) is 5.37. The molecule has 1 aromatic heterocycles. The van der Waals surface area contributed by atoms with Crippen molar-refractivity contribution in [3.05, 3.63) is 57.8 Å². The smallest absolute Gasteiger partial charge is 0.255 e. The Kier molecular flexibility index (Phi) is 5.27. The third kappa shape index (κ3) is 3.65. The number of rotatable bonds is 4. The predicted molar refractivity (Wildman–Crippen MR) is 94.8 cm³/mol. The first kappa shape index (κ1) is 17.1. The predicted octanol–water partition coefficient (Wildman–Crippen LogP) is 4.59. The molecule has 1 saturated heterocycles. The van der Waals surface area contributed by atoms with Gasteiger partial charge in [-0.25, -0.2) is 0 Å². The van der Waals surface area contributed by atoms with Crippen LogP contribution in [0.2, 0.25) is 10.0 Å². The summed E-state index contributed by atoms with van der Waals surface area (Å²) >= 11 is 12.2. The van der Waals surface area contributed by atoms with E-state index in [0.717, 1.165) is 24.9 Å². The number of carbonyl (C=O) groups excluding carboxylic acids is 1. The third-order valence-electron chi connectivity index (χ3n) is 4.16. The van der Waals surface area contributed by atoms with E-state index < -0.39 is 0 Å². The number of amides is 1. The maximum atomic E-state index is 12.6. The van der Waals surface area contributed by atoms with Crippen molar-refractivity contribution in [1.82, 2.24) is 9.88 Å². The van der Waals surface area contributed by atoms with Gasteiger partial charge in [-0.1, -0.05) is 29.3 Å². The van der Waals surface area contributed by atoms with Gasteiger partial charge in [0.2, 0.25) is 0 Å². The maximum Gasteiger partial charge on any atom is 0.255 e. The van der Waals surface area contributed by atoms with Crippen LogP contribution in [0.4, 0.5) is 0 Å². The van der Waals surface area contributed by atoms with Gasteiger partial charge < -0.3 is 9.64 Å². The van der Waals surface area contributed by atoms with Crippen molar-refractivity contribution in [2.75, 3.05) is 6.54 Å². The van der Waals surface area contributed by atoms with Crippen LogP contribution in [-0.4, -0.2) is 28.4 Å². The fourth-order valence-electron chi connectivity index (χ4n) is 2.86. The van der Waals surface area contributed by atoms with Crippen LogP contribution >= 0.6 is 23.2 Å². The Hall–Kier alpha value is -1.78. The van der Waals surface area contributed by atoms with Crippen LogP contribution in [0.25, 0.3) is 0 Å². The minimum Gasteiger partial charge on any atom is -0.486 e. The number of halogens is 2. The molecule has 3 rings (SSSR count). The quantitative estimate of drug-likeness (QED) is 0.796. The van der Waals surface area contributed by atoms with E-state index in [1.54, 1.807) is 30.6 Å². The van der Waals surface area contributed by atoms with Gasteiger partial charge in [-0.15, -0.1) is 0 Å². The minimum absolute atomic E-state index is 0.0186. The Labute approximate surface area is 151 Å². The van der Waals surface area contributed by atoms with E-state index in [-0.39, 0.29) is 18.6 Å². The second-order valence-electron chi connectivity index (χ2n) is 5.91. The first-order valence-corrected chi connectivity index (χ1v) is 8.63. The van der Waals surface area contributed by atoms with E-state index in [9.17, 15) is 4.79 Å². The molecule has 1 aliphatic heterocycles. The fourth-order valence-corrected chi connectivity index (χ4v) is 3.37. The van der Waals surface area contributed by atoms with Gasteiger partial charge in [0, 0.05) is 30.5 Å². The molecule has 4 nitrogen and oxygen atoms in total. The summed E-state index contributed by atoms with van der Waals surface area (Å²) in [6.45, 7) is 3.12. The zero-order valence-electron chi connectivity index (χ0n) is 13.3. The molecule has 126 valence electrons. The topological polar surface area (TPSA) is 42.4 Å². The molecule has 1 atom stereocenters. The molecule has 0 radical (unpaired) electrons. The summed E-state index contributed by atoms with van der Waals surface area (Å²) in [5.41, 5.74) is 1.37. The van der Waals surface area contributed by atoms with Crippen LogP contribution in [0.1, 0.15) is 35.7 Å². The fraction of sp³-hybridized carbons (Fsp3) is 0.333. The molecule has 1 fully saturated rings. The molecule has 2 aromatic rings. The number of benzene rings is 1. The molecule has 0 spiro atoms. The average molecular weight is 365 g/mol. The number of pyridine rings is 1. The lowest BCUT2D eigenvalue weighted by Gasteiger charge is -2.21. The lowest BCUT2D eigenvalue weighted by Crippen LogP contribution is -2.33. The van der Waals surface area contributed by atoms with Gasteiger partial charge in [0.25, 0.3) is 5.91 Å². The standard InChI is InChI=1S/C18H18Cl2N2O2/c1-12-4-3-7-22(12)18(23)14-8-13(9-21-10-14)11-24-17-15(19)5-2-6-16(17)20/h2,5-6,8-10,12H,3-4,7,11H2,1H3. The first-order valence-electron chi connectivity index (χ1n) is 7.88. The number of carbonyl (C=O) groups is 1. The first-order chi connectivity index (χ1) is 11.6.